The minimum atomic E-state index is -3.84. The minimum Gasteiger partial charge on any atom is -0.364 e. The van der Waals surface area contributed by atoms with E-state index in [-0.39, 0.29) is 11.3 Å². The van der Waals surface area contributed by atoms with Crippen molar-refractivity contribution in [1.82, 2.24) is 14.0 Å². The van der Waals surface area contributed by atoms with E-state index in [0.29, 0.717) is 13.1 Å². The largest absolute Gasteiger partial charge is 0.364 e. The van der Waals surface area contributed by atoms with Crippen molar-refractivity contribution in [2.45, 2.75) is 19.3 Å². The normalized spacial score (nSPS) is 16.4. The molecule has 0 radical (unpaired) electrons. The molecule has 9 heteroatoms. The average Bonchev–Trinajstić information content (AvgIpc) is 2.48. The zero-order valence-electron chi connectivity index (χ0n) is 11.3. The second-order valence-electron chi connectivity index (χ2n) is 4.69. The molecule has 21 heavy (non-hydrogen) atoms. The van der Waals surface area contributed by atoms with Crippen molar-refractivity contribution in [2.24, 2.45) is 5.73 Å². The third-order valence-corrected chi connectivity index (χ3v) is 4.64. The van der Waals surface area contributed by atoms with Crippen molar-refractivity contribution in [3.63, 3.8) is 0 Å². The van der Waals surface area contributed by atoms with Gasteiger partial charge in [-0.3, -0.25) is 14.6 Å². The van der Waals surface area contributed by atoms with Crippen LogP contribution in [-0.4, -0.2) is 42.6 Å². The lowest BCUT2D eigenvalue weighted by molar-refractivity contribution is 0.0970. The van der Waals surface area contributed by atoms with Crippen LogP contribution in [0.2, 0.25) is 0 Å². The summed E-state index contributed by atoms with van der Waals surface area (Å²) in [5, 5.41) is 0. The van der Waals surface area contributed by atoms with Crippen molar-refractivity contribution in [3.05, 3.63) is 29.6 Å². The lowest BCUT2D eigenvalue weighted by Gasteiger charge is -2.25. The van der Waals surface area contributed by atoms with Gasteiger partial charge in [0.15, 0.2) is 0 Å². The third-order valence-electron chi connectivity index (χ3n) is 3.15. The molecule has 2 amide bonds. The third kappa shape index (κ3) is 3.76. The lowest BCUT2D eigenvalue weighted by atomic mass is 10.2. The number of primary amides is 1. The highest BCUT2D eigenvalue weighted by Crippen LogP contribution is 2.12. The number of nitrogens with two attached hydrogens (primary N) is 1. The van der Waals surface area contributed by atoms with Crippen LogP contribution in [0.1, 0.15) is 40.1 Å². The van der Waals surface area contributed by atoms with Crippen LogP contribution in [0.15, 0.2) is 18.3 Å². The van der Waals surface area contributed by atoms with Crippen LogP contribution < -0.4 is 10.5 Å². The minimum absolute atomic E-state index is 0.00503. The van der Waals surface area contributed by atoms with Gasteiger partial charge >= 0.3 is 10.2 Å². The van der Waals surface area contributed by atoms with Crippen LogP contribution in [0.25, 0.3) is 0 Å². The number of amides is 2. The molecule has 1 aromatic rings. The predicted octanol–water partition coefficient (Wildman–Crippen LogP) is -0.359. The summed E-state index contributed by atoms with van der Waals surface area (Å²) in [6.45, 7) is 0.808. The van der Waals surface area contributed by atoms with Gasteiger partial charge in [0.05, 0.1) is 5.56 Å². The molecule has 1 fully saturated rings. The molecule has 1 saturated heterocycles. The predicted molar refractivity (Wildman–Crippen MR) is 74.6 cm³/mol. The number of carbonyl (C=O) groups is 2. The Morgan fingerprint density at radius 2 is 1.86 bits per heavy atom. The smallest absolute Gasteiger partial charge is 0.304 e. The fourth-order valence-electron chi connectivity index (χ4n) is 2.02. The molecule has 2 rings (SSSR count). The highest BCUT2D eigenvalue weighted by molar-refractivity contribution is 7.87. The Balaban J connectivity index is 2.07. The van der Waals surface area contributed by atoms with E-state index >= 15 is 0 Å². The molecule has 8 nitrogen and oxygen atoms in total. The summed E-state index contributed by atoms with van der Waals surface area (Å²) < 4.78 is 27.3. The maximum atomic E-state index is 12.0. The van der Waals surface area contributed by atoms with Crippen LogP contribution in [-0.2, 0) is 10.2 Å². The Hall–Kier alpha value is -2.00. The highest BCUT2D eigenvalue weighted by atomic mass is 32.2. The van der Waals surface area contributed by atoms with Gasteiger partial charge in [0.2, 0.25) is 0 Å². The molecular formula is C12H16N4O4S. The number of pyridine rings is 1. The molecule has 0 atom stereocenters. The van der Waals surface area contributed by atoms with Crippen molar-refractivity contribution >= 4 is 22.0 Å². The van der Waals surface area contributed by atoms with E-state index in [0.717, 1.165) is 25.5 Å². The van der Waals surface area contributed by atoms with Gasteiger partial charge in [-0.05, 0) is 25.0 Å². The lowest BCUT2D eigenvalue weighted by Crippen LogP contribution is -2.45. The fraction of sp³-hybridized carbons (Fsp3) is 0.417. The summed E-state index contributed by atoms with van der Waals surface area (Å²) in [6.07, 6.45) is 3.66. The second-order valence-corrected chi connectivity index (χ2v) is 6.36. The van der Waals surface area contributed by atoms with Gasteiger partial charge in [-0.15, -0.1) is 0 Å². The van der Waals surface area contributed by atoms with Crippen molar-refractivity contribution in [2.75, 3.05) is 13.1 Å². The van der Waals surface area contributed by atoms with E-state index in [1.54, 1.807) is 0 Å². The Morgan fingerprint density at radius 1 is 1.19 bits per heavy atom. The number of hydrogen-bond acceptors (Lipinski definition) is 5. The molecule has 3 N–H and O–H groups in total. The van der Waals surface area contributed by atoms with Crippen LogP contribution >= 0.6 is 0 Å². The van der Waals surface area contributed by atoms with Gasteiger partial charge < -0.3 is 5.73 Å². The zero-order valence-corrected chi connectivity index (χ0v) is 12.1. The van der Waals surface area contributed by atoms with Gasteiger partial charge in [-0.2, -0.15) is 12.7 Å². The summed E-state index contributed by atoms with van der Waals surface area (Å²) in [5.41, 5.74) is 5.08. The van der Waals surface area contributed by atoms with Crippen LogP contribution in [0.3, 0.4) is 0 Å². The molecule has 0 saturated carbocycles. The Morgan fingerprint density at radius 3 is 2.38 bits per heavy atom. The first kappa shape index (κ1) is 15.4. The topological polar surface area (TPSA) is 122 Å². The molecule has 0 aromatic carbocycles. The van der Waals surface area contributed by atoms with Gasteiger partial charge in [0.1, 0.15) is 5.69 Å². The van der Waals surface area contributed by atoms with Crippen LogP contribution in [0.4, 0.5) is 0 Å². The summed E-state index contributed by atoms with van der Waals surface area (Å²) in [5.74, 6) is -1.51. The maximum Gasteiger partial charge on any atom is 0.304 e. The number of nitrogens with zero attached hydrogens (tertiary/aromatic N) is 2. The van der Waals surface area contributed by atoms with Crippen LogP contribution in [0, 0.1) is 0 Å². The van der Waals surface area contributed by atoms with E-state index in [4.69, 9.17) is 5.73 Å². The number of rotatable bonds is 4. The molecule has 0 bridgehead atoms. The van der Waals surface area contributed by atoms with Gasteiger partial charge in [0.25, 0.3) is 11.8 Å². The van der Waals surface area contributed by atoms with E-state index in [1.165, 1.54) is 16.4 Å². The molecule has 1 aromatic heterocycles. The molecule has 0 aliphatic carbocycles. The van der Waals surface area contributed by atoms with Gasteiger partial charge in [-0.1, -0.05) is 6.42 Å². The van der Waals surface area contributed by atoms with Gasteiger partial charge in [0, 0.05) is 19.3 Å². The summed E-state index contributed by atoms with van der Waals surface area (Å²) in [6, 6.07) is 2.57. The van der Waals surface area contributed by atoms with Gasteiger partial charge in [-0.25, -0.2) is 4.72 Å². The first-order valence-electron chi connectivity index (χ1n) is 6.48. The first-order valence-corrected chi connectivity index (χ1v) is 7.92. The maximum absolute atomic E-state index is 12.0. The molecule has 0 unspecified atom stereocenters. The highest BCUT2D eigenvalue weighted by Gasteiger charge is 2.26. The van der Waals surface area contributed by atoms with Crippen molar-refractivity contribution < 1.29 is 18.0 Å². The van der Waals surface area contributed by atoms with E-state index < -0.39 is 22.0 Å². The number of piperidine rings is 1. The van der Waals surface area contributed by atoms with Crippen molar-refractivity contribution in [3.8, 4) is 0 Å². The Kier molecular flexibility index (Phi) is 4.53. The number of aromatic nitrogens is 1. The fourth-order valence-corrected chi connectivity index (χ4v) is 3.24. The Labute approximate surface area is 122 Å². The molecule has 0 spiro atoms. The SMILES string of the molecule is NC(=O)c1ccc(C(=O)NS(=O)(=O)N2CCCCC2)cn1. The molecule has 114 valence electrons. The van der Waals surface area contributed by atoms with E-state index in [2.05, 4.69) is 4.98 Å². The van der Waals surface area contributed by atoms with E-state index in [9.17, 15) is 18.0 Å². The molecule has 1 aliphatic rings. The summed E-state index contributed by atoms with van der Waals surface area (Å²) in [7, 11) is -3.84. The molecule has 1 aliphatic heterocycles. The molecular weight excluding hydrogens is 296 g/mol. The Bertz CT molecular complexity index is 636. The second kappa shape index (κ2) is 6.19. The van der Waals surface area contributed by atoms with Crippen molar-refractivity contribution in [1.29, 1.82) is 0 Å². The number of nitrogens with one attached hydrogen (secondary N) is 1. The number of hydrogen-bond donors (Lipinski definition) is 2. The van der Waals surface area contributed by atoms with Crippen LogP contribution in [0.5, 0.6) is 0 Å². The molecule has 2 heterocycles. The summed E-state index contributed by atoms with van der Waals surface area (Å²) in [4.78, 5) is 26.5. The monoisotopic (exact) mass is 312 g/mol. The standard InChI is InChI=1S/C12H16N4O4S/c13-11(17)10-5-4-9(8-14-10)12(18)15-21(19,20)16-6-2-1-3-7-16/h4-5,8H,1-3,6-7H2,(H2,13,17)(H,15,18). The number of carbonyl (C=O) groups excluding carboxylic acids is 2. The zero-order chi connectivity index (χ0) is 15.5. The van der Waals surface area contributed by atoms with E-state index in [1.807, 2.05) is 4.72 Å². The first-order chi connectivity index (χ1) is 9.90. The average molecular weight is 312 g/mol. The summed E-state index contributed by atoms with van der Waals surface area (Å²) >= 11 is 0. The quantitative estimate of drug-likeness (QED) is 0.786.